The Hall–Kier alpha value is 0.0969. The second-order valence-corrected chi connectivity index (χ2v) is 10.9. The zero-order chi connectivity index (χ0) is 11.7. The minimum absolute atomic E-state index is 0.242. The third-order valence-corrected chi connectivity index (χ3v) is 8.12. The Morgan fingerprint density at radius 1 is 1.33 bits per heavy atom. The van der Waals surface area contributed by atoms with Gasteiger partial charge in [-0.3, -0.25) is 0 Å². The van der Waals surface area contributed by atoms with Gasteiger partial charge in [-0.1, -0.05) is 20.8 Å². The normalized spacial score (nSPS) is 21.2. The van der Waals surface area contributed by atoms with Crippen LogP contribution in [0.3, 0.4) is 0 Å². The van der Waals surface area contributed by atoms with Crippen molar-refractivity contribution in [2.45, 2.75) is 50.9 Å². The van der Waals surface area contributed by atoms with Crippen molar-refractivity contribution in [2.75, 3.05) is 19.8 Å². The van der Waals surface area contributed by atoms with E-state index in [1.807, 2.05) is 0 Å². The van der Waals surface area contributed by atoms with Crippen LogP contribution in [0.15, 0.2) is 0 Å². The summed E-state index contributed by atoms with van der Waals surface area (Å²) in [4.78, 5) is 0. The topological polar surface area (TPSA) is 38.7 Å². The maximum atomic E-state index is 9.82. The molecule has 1 aliphatic rings. The molecule has 1 N–H and O–H groups in total. The van der Waals surface area contributed by atoms with Crippen molar-refractivity contribution in [2.24, 2.45) is 0 Å². The van der Waals surface area contributed by atoms with Gasteiger partial charge in [-0.25, -0.2) is 0 Å². The average Bonchev–Trinajstić information content (AvgIpc) is 1.98. The van der Waals surface area contributed by atoms with Crippen molar-refractivity contribution in [3.63, 3.8) is 0 Å². The summed E-state index contributed by atoms with van der Waals surface area (Å²) < 4.78 is 11.0. The Bertz CT molecular complexity index is 216. The summed E-state index contributed by atoms with van der Waals surface area (Å²) in [6, 6.07) is 0. The first-order valence-electron chi connectivity index (χ1n) is 5.60. The molecule has 0 radical (unpaired) electrons. The van der Waals surface area contributed by atoms with E-state index in [1.54, 1.807) is 0 Å². The second kappa shape index (κ2) is 4.16. The summed E-state index contributed by atoms with van der Waals surface area (Å²) in [7, 11) is -1.65. The van der Waals surface area contributed by atoms with Gasteiger partial charge in [-0.2, -0.15) is 0 Å². The molecule has 1 rings (SSSR count). The quantitative estimate of drug-likeness (QED) is 0.755. The van der Waals surface area contributed by atoms with E-state index >= 15 is 0 Å². The molecular formula is C11H24O3Si. The maximum absolute atomic E-state index is 9.82. The van der Waals surface area contributed by atoms with Crippen molar-refractivity contribution >= 4 is 8.32 Å². The largest absolute Gasteiger partial charge is 0.417 e. The summed E-state index contributed by atoms with van der Waals surface area (Å²) >= 11 is 0. The van der Waals surface area contributed by atoms with Crippen LogP contribution in [0.4, 0.5) is 0 Å². The van der Waals surface area contributed by atoms with E-state index in [-0.39, 0.29) is 5.04 Å². The van der Waals surface area contributed by atoms with Gasteiger partial charge in [-0.15, -0.1) is 0 Å². The molecule has 0 aromatic carbocycles. The van der Waals surface area contributed by atoms with Gasteiger partial charge >= 0.3 is 0 Å². The van der Waals surface area contributed by atoms with Crippen LogP contribution in [0, 0.1) is 0 Å². The first-order valence-corrected chi connectivity index (χ1v) is 8.51. The molecular weight excluding hydrogens is 208 g/mol. The number of hydrogen-bond donors (Lipinski definition) is 1. The van der Waals surface area contributed by atoms with Gasteiger partial charge in [0.15, 0.2) is 8.32 Å². The Kier molecular flexibility index (Phi) is 3.65. The van der Waals surface area contributed by atoms with Crippen LogP contribution in [-0.2, 0) is 9.16 Å². The highest BCUT2D eigenvalue weighted by Crippen LogP contribution is 2.37. The van der Waals surface area contributed by atoms with Crippen molar-refractivity contribution < 1.29 is 14.3 Å². The number of aliphatic hydroxyl groups is 1. The minimum atomic E-state index is -1.65. The molecule has 0 spiro atoms. The highest BCUT2D eigenvalue weighted by molar-refractivity contribution is 6.74. The molecule has 0 atom stereocenters. The first-order chi connectivity index (χ1) is 6.66. The Labute approximate surface area is 93.9 Å². The number of ether oxygens (including phenoxy) is 1. The molecule has 0 aliphatic carbocycles. The molecule has 90 valence electrons. The minimum Gasteiger partial charge on any atom is -0.417 e. The predicted molar refractivity (Wildman–Crippen MR) is 63.5 cm³/mol. The van der Waals surface area contributed by atoms with E-state index in [2.05, 4.69) is 33.9 Å². The zero-order valence-corrected chi connectivity index (χ0v) is 11.6. The molecule has 0 bridgehead atoms. The molecule has 3 nitrogen and oxygen atoms in total. The monoisotopic (exact) mass is 232 g/mol. The number of hydrogen-bond acceptors (Lipinski definition) is 3. The van der Waals surface area contributed by atoms with Crippen molar-refractivity contribution in [3.8, 4) is 0 Å². The highest BCUT2D eigenvalue weighted by Gasteiger charge is 2.39. The standard InChI is InChI=1S/C11H24O3Si/c1-10(2,3)15(4,5)14-7-6-11(12)8-13-9-11/h12H,6-9H2,1-5H3. The molecule has 0 aromatic rings. The lowest BCUT2D eigenvalue weighted by Crippen LogP contribution is -2.51. The molecule has 1 heterocycles. The third kappa shape index (κ3) is 3.28. The van der Waals surface area contributed by atoms with Crippen molar-refractivity contribution in [3.05, 3.63) is 0 Å². The summed E-state index contributed by atoms with van der Waals surface area (Å²) in [6.07, 6.45) is 0.694. The van der Waals surface area contributed by atoms with Crippen LogP contribution in [0.25, 0.3) is 0 Å². The molecule has 0 unspecified atom stereocenters. The molecule has 0 saturated carbocycles. The fourth-order valence-corrected chi connectivity index (χ4v) is 2.24. The van der Waals surface area contributed by atoms with Crippen LogP contribution < -0.4 is 0 Å². The predicted octanol–water partition coefficient (Wildman–Crippen LogP) is 2.16. The highest BCUT2D eigenvalue weighted by atomic mass is 28.4. The summed E-state index contributed by atoms with van der Waals surface area (Å²) in [5, 5.41) is 10.1. The lowest BCUT2D eigenvalue weighted by Gasteiger charge is -2.39. The van der Waals surface area contributed by atoms with Gasteiger partial charge < -0.3 is 14.3 Å². The van der Waals surface area contributed by atoms with Gasteiger partial charge in [0.2, 0.25) is 0 Å². The summed E-state index contributed by atoms with van der Waals surface area (Å²) in [6.45, 7) is 12.7. The van der Waals surface area contributed by atoms with Crippen LogP contribution >= 0.6 is 0 Å². The molecule has 0 amide bonds. The third-order valence-electron chi connectivity index (χ3n) is 3.58. The molecule has 1 saturated heterocycles. The summed E-state index contributed by atoms with van der Waals surface area (Å²) in [5.41, 5.74) is -0.609. The van der Waals surface area contributed by atoms with Gasteiger partial charge in [-0.05, 0) is 18.1 Å². The lowest BCUT2D eigenvalue weighted by atomic mass is 9.99. The van der Waals surface area contributed by atoms with Gasteiger partial charge in [0.1, 0.15) is 5.60 Å². The van der Waals surface area contributed by atoms with E-state index in [4.69, 9.17) is 9.16 Å². The Morgan fingerprint density at radius 2 is 1.87 bits per heavy atom. The first kappa shape index (κ1) is 13.2. The Morgan fingerprint density at radius 3 is 2.20 bits per heavy atom. The molecule has 1 aliphatic heterocycles. The van der Waals surface area contributed by atoms with Crippen LogP contribution in [0.5, 0.6) is 0 Å². The lowest BCUT2D eigenvalue weighted by molar-refractivity contribution is -0.184. The van der Waals surface area contributed by atoms with Crippen molar-refractivity contribution in [1.82, 2.24) is 0 Å². The fourth-order valence-electron chi connectivity index (χ4n) is 1.19. The molecule has 0 aromatic heterocycles. The van der Waals surface area contributed by atoms with E-state index in [9.17, 15) is 5.11 Å². The van der Waals surface area contributed by atoms with E-state index in [0.29, 0.717) is 26.2 Å². The van der Waals surface area contributed by atoms with Crippen LogP contribution in [0.2, 0.25) is 18.1 Å². The second-order valence-electron chi connectivity index (χ2n) is 6.08. The van der Waals surface area contributed by atoms with Crippen LogP contribution in [-0.4, -0.2) is 38.8 Å². The SMILES string of the molecule is CC(C)(C)[Si](C)(C)OCCC1(O)COC1. The molecule has 1 fully saturated rings. The Balaban J connectivity index is 2.30. The number of rotatable bonds is 4. The zero-order valence-electron chi connectivity index (χ0n) is 10.6. The van der Waals surface area contributed by atoms with E-state index in [1.165, 1.54) is 0 Å². The maximum Gasteiger partial charge on any atom is 0.191 e. The summed E-state index contributed by atoms with van der Waals surface area (Å²) in [5.74, 6) is 0. The van der Waals surface area contributed by atoms with Crippen LogP contribution in [0.1, 0.15) is 27.2 Å². The average molecular weight is 232 g/mol. The van der Waals surface area contributed by atoms with E-state index in [0.717, 1.165) is 0 Å². The smallest absolute Gasteiger partial charge is 0.191 e. The van der Waals surface area contributed by atoms with Gasteiger partial charge in [0.05, 0.1) is 13.2 Å². The van der Waals surface area contributed by atoms with E-state index < -0.39 is 13.9 Å². The molecule has 15 heavy (non-hydrogen) atoms. The van der Waals surface area contributed by atoms with Gasteiger partial charge in [0, 0.05) is 13.0 Å². The molecule has 4 heteroatoms. The van der Waals surface area contributed by atoms with Gasteiger partial charge in [0.25, 0.3) is 0 Å². The fraction of sp³-hybridized carbons (Fsp3) is 1.00. The van der Waals surface area contributed by atoms with Crippen molar-refractivity contribution in [1.29, 1.82) is 0 Å².